The summed E-state index contributed by atoms with van der Waals surface area (Å²) in [6.07, 6.45) is 3.99. The smallest absolute Gasteiger partial charge is 0.185 e. The van der Waals surface area contributed by atoms with Gasteiger partial charge < -0.3 is 4.90 Å². The number of piperazine rings is 1. The first kappa shape index (κ1) is 14.0. The predicted octanol–water partition coefficient (Wildman–Crippen LogP) is 2.27. The summed E-state index contributed by atoms with van der Waals surface area (Å²) >= 11 is 1.71. The summed E-state index contributed by atoms with van der Waals surface area (Å²) < 4.78 is 0. The molecule has 1 aromatic rings. The van der Waals surface area contributed by atoms with Crippen LogP contribution in [0.3, 0.4) is 0 Å². The number of hydrogen-bond donors (Lipinski definition) is 0. The number of ketones is 1. The molecule has 0 aromatic carbocycles. The highest BCUT2D eigenvalue weighted by molar-refractivity contribution is 7.13. The lowest BCUT2D eigenvalue weighted by atomic mass is 9.89. The van der Waals surface area contributed by atoms with Crippen molar-refractivity contribution in [3.63, 3.8) is 0 Å². The molecule has 4 nitrogen and oxygen atoms in total. The third-order valence-corrected chi connectivity index (χ3v) is 5.53. The number of carbonyl (C=O) groups is 1. The van der Waals surface area contributed by atoms with Crippen molar-refractivity contribution in [1.29, 1.82) is 0 Å². The molecule has 2 fully saturated rings. The maximum Gasteiger partial charge on any atom is 0.185 e. The molecule has 3 rings (SSSR count). The lowest BCUT2D eigenvalue weighted by molar-refractivity contribution is -0.128. The van der Waals surface area contributed by atoms with Gasteiger partial charge in [0.15, 0.2) is 5.13 Å². The third-order valence-electron chi connectivity index (χ3n) is 4.70. The van der Waals surface area contributed by atoms with Crippen molar-refractivity contribution >= 4 is 22.3 Å². The maximum absolute atomic E-state index is 12.3. The van der Waals surface area contributed by atoms with Crippen molar-refractivity contribution in [2.75, 3.05) is 37.6 Å². The fraction of sp³-hybridized carbons (Fsp3) is 0.733. The van der Waals surface area contributed by atoms with E-state index in [9.17, 15) is 4.79 Å². The van der Waals surface area contributed by atoms with Gasteiger partial charge >= 0.3 is 0 Å². The molecule has 0 amide bonds. The second-order valence-corrected chi connectivity index (χ2v) is 7.46. The zero-order valence-electron chi connectivity index (χ0n) is 12.3. The predicted molar refractivity (Wildman–Crippen MR) is 82.3 cm³/mol. The maximum atomic E-state index is 12.3. The van der Waals surface area contributed by atoms with Crippen molar-refractivity contribution in [3.05, 3.63) is 11.6 Å². The second-order valence-electron chi connectivity index (χ2n) is 6.59. The molecule has 1 saturated heterocycles. The van der Waals surface area contributed by atoms with Gasteiger partial charge in [-0.15, -0.1) is 11.3 Å². The zero-order chi connectivity index (χ0) is 14.2. The van der Waals surface area contributed by atoms with E-state index < -0.39 is 0 Å². The molecule has 2 aliphatic rings. The molecule has 20 heavy (non-hydrogen) atoms. The number of thiazole rings is 1. The minimum absolute atomic E-state index is 0.0899. The summed E-state index contributed by atoms with van der Waals surface area (Å²) in [5, 5.41) is 3.16. The zero-order valence-corrected chi connectivity index (χ0v) is 13.2. The van der Waals surface area contributed by atoms with Gasteiger partial charge in [0, 0.05) is 55.6 Å². The Labute approximate surface area is 124 Å². The highest BCUT2D eigenvalue weighted by Gasteiger charge is 2.41. The first-order chi connectivity index (χ1) is 9.56. The van der Waals surface area contributed by atoms with Crippen molar-refractivity contribution < 1.29 is 4.79 Å². The Morgan fingerprint density at radius 2 is 2.10 bits per heavy atom. The number of aromatic nitrogens is 1. The molecule has 1 atom stereocenters. The van der Waals surface area contributed by atoms with Crippen molar-refractivity contribution in [2.45, 2.75) is 26.7 Å². The molecule has 1 unspecified atom stereocenters. The summed E-state index contributed by atoms with van der Waals surface area (Å²) in [6, 6.07) is 0. The van der Waals surface area contributed by atoms with E-state index in [1.54, 1.807) is 11.3 Å². The molecule has 0 radical (unpaired) electrons. The van der Waals surface area contributed by atoms with Gasteiger partial charge in [-0.2, -0.15) is 0 Å². The molecule has 0 bridgehead atoms. The first-order valence-electron chi connectivity index (χ1n) is 7.47. The molecular weight excluding hydrogens is 270 g/mol. The van der Waals surface area contributed by atoms with E-state index in [4.69, 9.17) is 0 Å². The van der Waals surface area contributed by atoms with Crippen molar-refractivity contribution in [3.8, 4) is 0 Å². The summed E-state index contributed by atoms with van der Waals surface area (Å²) in [6.45, 7) is 9.28. The number of rotatable bonds is 3. The van der Waals surface area contributed by atoms with Crippen LogP contribution in [0, 0.1) is 11.3 Å². The molecule has 1 aromatic heterocycles. The van der Waals surface area contributed by atoms with Crippen LogP contribution in [-0.4, -0.2) is 48.4 Å². The highest BCUT2D eigenvalue weighted by atomic mass is 32.1. The average Bonchev–Trinajstić information content (AvgIpc) is 3.04. The minimum atomic E-state index is -0.0899. The molecule has 0 spiro atoms. The van der Waals surface area contributed by atoms with Gasteiger partial charge in [-0.1, -0.05) is 13.8 Å². The number of Topliss-reactive ketones (excluding diaryl/α,β-unsaturated/α-hetero) is 1. The molecule has 2 heterocycles. The van der Waals surface area contributed by atoms with Crippen LogP contribution in [0.25, 0.3) is 0 Å². The Kier molecular flexibility index (Phi) is 3.82. The molecule has 5 heteroatoms. The van der Waals surface area contributed by atoms with Gasteiger partial charge in [-0.3, -0.25) is 9.69 Å². The molecule has 1 aliphatic carbocycles. The van der Waals surface area contributed by atoms with Gasteiger partial charge in [-0.05, 0) is 12.8 Å². The topological polar surface area (TPSA) is 36.4 Å². The summed E-state index contributed by atoms with van der Waals surface area (Å²) in [7, 11) is 0. The summed E-state index contributed by atoms with van der Waals surface area (Å²) in [5.41, 5.74) is -0.0899. The number of carbonyl (C=O) groups excluding carboxylic acids is 1. The van der Waals surface area contributed by atoms with Gasteiger partial charge in [0.1, 0.15) is 5.78 Å². The summed E-state index contributed by atoms with van der Waals surface area (Å²) in [5.74, 6) is 0.733. The fourth-order valence-electron chi connectivity index (χ4n) is 3.32. The minimum Gasteiger partial charge on any atom is -0.346 e. The molecular formula is C15H23N3OS. The Morgan fingerprint density at radius 3 is 2.65 bits per heavy atom. The summed E-state index contributed by atoms with van der Waals surface area (Å²) in [4.78, 5) is 21.5. The lowest BCUT2D eigenvalue weighted by Gasteiger charge is -2.35. The first-order valence-corrected chi connectivity index (χ1v) is 8.35. The van der Waals surface area contributed by atoms with E-state index in [1.807, 2.05) is 11.6 Å². The number of anilines is 1. The average molecular weight is 293 g/mol. The number of hydrogen-bond acceptors (Lipinski definition) is 5. The van der Waals surface area contributed by atoms with E-state index in [0.717, 1.165) is 50.7 Å². The van der Waals surface area contributed by atoms with Gasteiger partial charge in [0.05, 0.1) is 0 Å². The Hall–Kier alpha value is -0.940. The quantitative estimate of drug-likeness (QED) is 0.856. The molecule has 110 valence electrons. The van der Waals surface area contributed by atoms with Crippen LogP contribution in [-0.2, 0) is 4.79 Å². The van der Waals surface area contributed by atoms with Crippen LogP contribution in [0.2, 0.25) is 0 Å². The van der Waals surface area contributed by atoms with Crippen molar-refractivity contribution in [2.24, 2.45) is 11.3 Å². The van der Waals surface area contributed by atoms with Gasteiger partial charge in [-0.25, -0.2) is 4.98 Å². The van der Waals surface area contributed by atoms with Gasteiger partial charge in [0.2, 0.25) is 0 Å². The van der Waals surface area contributed by atoms with Crippen molar-refractivity contribution in [1.82, 2.24) is 9.88 Å². The van der Waals surface area contributed by atoms with Crippen LogP contribution in [0.1, 0.15) is 26.7 Å². The SMILES string of the molecule is CC1(C)CCC(CN2CCN(c3nccs3)CC2)C1=O. The van der Waals surface area contributed by atoms with Crippen LogP contribution in [0.5, 0.6) is 0 Å². The van der Waals surface area contributed by atoms with Gasteiger partial charge in [0.25, 0.3) is 0 Å². The third kappa shape index (κ3) is 2.74. The lowest BCUT2D eigenvalue weighted by Crippen LogP contribution is -2.48. The Bertz CT molecular complexity index is 463. The normalized spacial score (nSPS) is 27.2. The monoisotopic (exact) mass is 293 g/mol. The molecule has 0 N–H and O–H groups in total. The van der Waals surface area contributed by atoms with Crippen LogP contribution >= 0.6 is 11.3 Å². The van der Waals surface area contributed by atoms with E-state index in [1.165, 1.54) is 0 Å². The molecule has 1 aliphatic heterocycles. The number of nitrogens with zero attached hydrogens (tertiary/aromatic N) is 3. The molecule has 1 saturated carbocycles. The van der Waals surface area contributed by atoms with E-state index in [-0.39, 0.29) is 11.3 Å². The Balaban J connectivity index is 1.51. The van der Waals surface area contributed by atoms with E-state index in [2.05, 4.69) is 28.6 Å². The van der Waals surface area contributed by atoms with Crippen LogP contribution in [0.15, 0.2) is 11.6 Å². The largest absolute Gasteiger partial charge is 0.346 e. The van der Waals surface area contributed by atoms with E-state index >= 15 is 0 Å². The van der Waals surface area contributed by atoms with Crippen LogP contribution in [0.4, 0.5) is 5.13 Å². The van der Waals surface area contributed by atoms with E-state index in [0.29, 0.717) is 5.78 Å². The Morgan fingerprint density at radius 1 is 1.35 bits per heavy atom. The highest BCUT2D eigenvalue weighted by Crippen LogP contribution is 2.37. The standard InChI is InChI=1S/C15H23N3OS/c1-15(2)4-3-12(13(15)19)11-17-6-8-18(9-7-17)14-16-5-10-20-14/h5,10,12H,3-4,6-9,11H2,1-2H3. The fourth-order valence-corrected chi connectivity index (χ4v) is 4.02. The van der Waals surface area contributed by atoms with Crippen LogP contribution < -0.4 is 4.90 Å². The second kappa shape index (κ2) is 5.45.